The van der Waals surface area contributed by atoms with Crippen molar-refractivity contribution in [3.05, 3.63) is 64.7 Å². The van der Waals surface area contributed by atoms with E-state index >= 15 is 0 Å². The van der Waals surface area contributed by atoms with Gasteiger partial charge in [0.15, 0.2) is 0 Å². The number of carbonyl (C=O) groups excluding carboxylic acids is 1. The van der Waals surface area contributed by atoms with Gasteiger partial charge in [-0.25, -0.2) is 0 Å². The number of carbonyl (C=O) groups is 1. The minimum absolute atomic E-state index is 0.0336. The molecule has 0 saturated carbocycles. The van der Waals surface area contributed by atoms with Gasteiger partial charge < -0.3 is 10.1 Å². The zero-order valence-corrected chi connectivity index (χ0v) is 10.9. The summed E-state index contributed by atoms with van der Waals surface area (Å²) in [4.78, 5) is 11.6. The second kappa shape index (κ2) is 5.03. The molecule has 1 aliphatic heterocycles. The highest BCUT2D eigenvalue weighted by Gasteiger charge is 2.24. The number of halogens is 1. The van der Waals surface area contributed by atoms with E-state index in [0.717, 1.165) is 16.8 Å². The molecule has 1 amide bonds. The molecule has 96 valence electrons. The van der Waals surface area contributed by atoms with Gasteiger partial charge in [0.2, 0.25) is 5.91 Å². The third-order valence-electron chi connectivity index (χ3n) is 3.05. The fraction of sp³-hybridized carbons (Fsp3) is 0.133. The number of benzene rings is 2. The van der Waals surface area contributed by atoms with Crippen LogP contribution in [0.5, 0.6) is 0 Å². The summed E-state index contributed by atoms with van der Waals surface area (Å²) in [6.45, 7) is 0.0336. The summed E-state index contributed by atoms with van der Waals surface area (Å²) in [5, 5.41) is 3.45. The maximum Gasteiger partial charge on any atom is 0.250 e. The standard InChI is InChI=1S/C15H12ClNO2/c16-11-6-7-13-12(8-11)15(19-9-14(18)17-13)10-4-2-1-3-5-10/h1-8,15H,9H2,(H,17,18). The van der Waals surface area contributed by atoms with Gasteiger partial charge in [0.1, 0.15) is 12.7 Å². The van der Waals surface area contributed by atoms with Crippen LogP contribution in [-0.4, -0.2) is 12.5 Å². The van der Waals surface area contributed by atoms with Crippen molar-refractivity contribution in [3.63, 3.8) is 0 Å². The maximum absolute atomic E-state index is 11.6. The zero-order valence-electron chi connectivity index (χ0n) is 10.1. The second-order valence-corrected chi connectivity index (χ2v) is 4.82. The van der Waals surface area contributed by atoms with Gasteiger partial charge >= 0.3 is 0 Å². The van der Waals surface area contributed by atoms with Crippen LogP contribution in [0.3, 0.4) is 0 Å². The summed E-state index contributed by atoms with van der Waals surface area (Å²) in [6, 6.07) is 15.2. The Morgan fingerprint density at radius 1 is 1.16 bits per heavy atom. The molecule has 2 aromatic rings. The Morgan fingerprint density at radius 2 is 1.95 bits per heavy atom. The molecule has 0 aromatic heterocycles. The molecule has 1 unspecified atom stereocenters. The summed E-state index contributed by atoms with van der Waals surface area (Å²) in [6.07, 6.45) is -0.283. The third-order valence-corrected chi connectivity index (χ3v) is 3.29. The fourth-order valence-electron chi connectivity index (χ4n) is 2.20. The third kappa shape index (κ3) is 2.48. The van der Waals surface area contributed by atoms with E-state index in [9.17, 15) is 4.79 Å². The zero-order chi connectivity index (χ0) is 13.2. The summed E-state index contributed by atoms with van der Waals surface area (Å²) in [7, 11) is 0. The normalized spacial score (nSPS) is 18.4. The number of anilines is 1. The Bertz CT molecular complexity index is 613. The minimum Gasteiger partial charge on any atom is -0.359 e. The number of rotatable bonds is 1. The van der Waals surface area contributed by atoms with Gasteiger partial charge in [0.25, 0.3) is 0 Å². The molecule has 3 rings (SSSR count). The molecule has 0 radical (unpaired) electrons. The summed E-state index contributed by atoms with van der Waals surface area (Å²) in [5.41, 5.74) is 2.63. The maximum atomic E-state index is 11.6. The van der Waals surface area contributed by atoms with Gasteiger partial charge in [-0.1, -0.05) is 41.9 Å². The Hall–Kier alpha value is -1.84. The molecular weight excluding hydrogens is 262 g/mol. The van der Waals surface area contributed by atoms with E-state index in [1.807, 2.05) is 36.4 Å². The van der Waals surface area contributed by atoms with E-state index < -0.39 is 0 Å². The van der Waals surface area contributed by atoms with Gasteiger partial charge in [-0.3, -0.25) is 4.79 Å². The quantitative estimate of drug-likeness (QED) is 0.865. The van der Waals surface area contributed by atoms with Crippen LogP contribution in [0.1, 0.15) is 17.2 Å². The summed E-state index contributed by atoms with van der Waals surface area (Å²) >= 11 is 6.05. The van der Waals surface area contributed by atoms with Gasteiger partial charge in [0.05, 0.1) is 0 Å². The van der Waals surface area contributed by atoms with Crippen molar-refractivity contribution >= 4 is 23.2 Å². The van der Waals surface area contributed by atoms with Crippen LogP contribution in [0.2, 0.25) is 5.02 Å². The lowest BCUT2D eigenvalue weighted by Crippen LogP contribution is -2.15. The smallest absolute Gasteiger partial charge is 0.250 e. The van der Waals surface area contributed by atoms with Crippen LogP contribution >= 0.6 is 11.6 Å². The van der Waals surface area contributed by atoms with Crippen LogP contribution in [0.15, 0.2) is 48.5 Å². The molecule has 1 heterocycles. The largest absolute Gasteiger partial charge is 0.359 e. The van der Waals surface area contributed by atoms with Crippen LogP contribution in [0.25, 0.3) is 0 Å². The second-order valence-electron chi connectivity index (χ2n) is 4.38. The van der Waals surface area contributed by atoms with Gasteiger partial charge in [-0.05, 0) is 23.8 Å². The monoisotopic (exact) mass is 273 g/mol. The highest BCUT2D eigenvalue weighted by atomic mass is 35.5. The van der Waals surface area contributed by atoms with E-state index in [1.165, 1.54) is 0 Å². The molecule has 0 aliphatic carbocycles. The lowest BCUT2D eigenvalue weighted by atomic mass is 10.00. The van der Waals surface area contributed by atoms with E-state index in [4.69, 9.17) is 16.3 Å². The van der Waals surface area contributed by atoms with Crippen LogP contribution in [0, 0.1) is 0 Å². The van der Waals surface area contributed by atoms with Gasteiger partial charge in [0, 0.05) is 16.3 Å². The van der Waals surface area contributed by atoms with Gasteiger partial charge in [-0.15, -0.1) is 0 Å². The summed E-state index contributed by atoms with van der Waals surface area (Å²) < 4.78 is 5.71. The molecule has 1 N–H and O–H groups in total. The molecule has 4 heteroatoms. The Kier molecular flexibility index (Phi) is 3.23. The topological polar surface area (TPSA) is 38.3 Å². The highest BCUT2D eigenvalue weighted by Crippen LogP contribution is 2.35. The number of fused-ring (bicyclic) bond motifs is 1. The molecule has 0 bridgehead atoms. The SMILES string of the molecule is O=C1COC(c2ccccc2)c2cc(Cl)ccc2N1. The predicted molar refractivity (Wildman–Crippen MR) is 74.3 cm³/mol. The minimum atomic E-state index is -0.283. The Balaban J connectivity index is 2.11. The fourth-order valence-corrected chi connectivity index (χ4v) is 2.38. The molecule has 0 spiro atoms. The van der Waals surface area contributed by atoms with Crippen molar-refractivity contribution in [3.8, 4) is 0 Å². The molecule has 19 heavy (non-hydrogen) atoms. The van der Waals surface area contributed by atoms with Crippen LogP contribution in [-0.2, 0) is 9.53 Å². The van der Waals surface area contributed by atoms with E-state index in [1.54, 1.807) is 12.1 Å². The first-order valence-corrected chi connectivity index (χ1v) is 6.38. The highest BCUT2D eigenvalue weighted by molar-refractivity contribution is 6.30. The van der Waals surface area contributed by atoms with E-state index in [2.05, 4.69) is 5.32 Å². The summed E-state index contributed by atoms with van der Waals surface area (Å²) in [5.74, 6) is -0.151. The average molecular weight is 274 g/mol. The first-order valence-electron chi connectivity index (χ1n) is 6.00. The van der Waals surface area contributed by atoms with Crippen LogP contribution < -0.4 is 5.32 Å². The molecule has 1 atom stereocenters. The molecule has 0 fully saturated rings. The lowest BCUT2D eigenvalue weighted by Gasteiger charge is -2.17. The number of amides is 1. The lowest BCUT2D eigenvalue weighted by molar-refractivity contribution is -0.121. The van der Waals surface area contributed by atoms with E-state index in [-0.39, 0.29) is 18.6 Å². The van der Waals surface area contributed by atoms with Crippen molar-refractivity contribution in [1.82, 2.24) is 0 Å². The van der Waals surface area contributed by atoms with Gasteiger partial charge in [-0.2, -0.15) is 0 Å². The Morgan fingerprint density at radius 3 is 2.74 bits per heavy atom. The first kappa shape index (κ1) is 12.2. The van der Waals surface area contributed by atoms with E-state index in [0.29, 0.717) is 5.02 Å². The van der Waals surface area contributed by atoms with Crippen molar-refractivity contribution in [1.29, 1.82) is 0 Å². The predicted octanol–water partition coefficient (Wildman–Crippen LogP) is 3.40. The van der Waals surface area contributed by atoms with Crippen molar-refractivity contribution in [2.45, 2.75) is 6.10 Å². The van der Waals surface area contributed by atoms with Crippen molar-refractivity contribution in [2.75, 3.05) is 11.9 Å². The molecule has 2 aromatic carbocycles. The Labute approximate surface area is 116 Å². The molecule has 1 aliphatic rings. The van der Waals surface area contributed by atoms with Crippen LogP contribution in [0.4, 0.5) is 5.69 Å². The van der Waals surface area contributed by atoms with Crippen molar-refractivity contribution < 1.29 is 9.53 Å². The molecule has 3 nitrogen and oxygen atoms in total. The first-order chi connectivity index (χ1) is 9.24. The number of hydrogen-bond donors (Lipinski definition) is 1. The number of nitrogens with one attached hydrogen (secondary N) is 1. The molecular formula is C15H12ClNO2. The molecule has 0 saturated heterocycles. The average Bonchev–Trinajstić information content (AvgIpc) is 2.58. The number of ether oxygens (including phenoxy) is 1. The number of hydrogen-bond acceptors (Lipinski definition) is 2. The van der Waals surface area contributed by atoms with Crippen molar-refractivity contribution in [2.24, 2.45) is 0 Å².